The lowest BCUT2D eigenvalue weighted by Crippen LogP contribution is -2.38. The van der Waals surface area contributed by atoms with Crippen molar-refractivity contribution in [2.75, 3.05) is 31.1 Å². The summed E-state index contributed by atoms with van der Waals surface area (Å²) in [4.78, 5) is 26.0. The summed E-state index contributed by atoms with van der Waals surface area (Å²) in [6, 6.07) is 10.7. The molecule has 0 aliphatic carbocycles. The number of hydrogen-bond acceptors (Lipinski definition) is 4. The number of anilines is 1. The molecule has 4 rings (SSSR count). The van der Waals surface area contributed by atoms with Crippen molar-refractivity contribution in [2.24, 2.45) is 5.92 Å². The molecule has 2 aromatic rings. The van der Waals surface area contributed by atoms with E-state index in [-0.39, 0.29) is 5.91 Å². The number of benzene rings is 1. The highest BCUT2D eigenvalue weighted by molar-refractivity contribution is 5.92. The van der Waals surface area contributed by atoms with Crippen LogP contribution in [0.1, 0.15) is 54.6 Å². The first-order valence-corrected chi connectivity index (χ1v) is 10.7. The Morgan fingerprint density at radius 2 is 1.82 bits per heavy atom. The van der Waals surface area contributed by atoms with Crippen molar-refractivity contribution in [2.45, 2.75) is 44.9 Å². The third-order valence-electron chi connectivity index (χ3n) is 6.01. The van der Waals surface area contributed by atoms with Gasteiger partial charge in [0.05, 0.1) is 12.4 Å². The number of piperidine rings is 2. The molecule has 0 unspecified atom stereocenters. The van der Waals surface area contributed by atoms with Crippen molar-refractivity contribution < 1.29 is 4.79 Å². The van der Waals surface area contributed by atoms with Crippen molar-refractivity contribution in [3.05, 3.63) is 54.0 Å². The van der Waals surface area contributed by atoms with Crippen LogP contribution in [-0.4, -0.2) is 47.0 Å². The Balaban J connectivity index is 1.38. The van der Waals surface area contributed by atoms with Crippen molar-refractivity contribution in [1.29, 1.82) is 0 Å². The Morgan fingerprint density at radius 3 is 2.64 bits per heavy atom. The number of aryl methyl sites for hydroxylation is 1. The third-order valence-corrected chi connectivity index (χ3v) is 6.01. The van der Waals surface area contributed by atoms with Crippen LogP contribution in [0.5, 0.6) is 0 Å². The van der Waals surface area contributed by atoms with Crippen LogP contribution in [-0.2, 0) is 6.42 Å². The lowest BCUT2D eigenvalue weighted by atomic mass is 9.91. The SMILES string of the molecule is O=C(c1cncc(N2CCC[C@@H](CCc3ccccc3)C2)n1)N1CCCCC1. The standard InChI is InChI=1S/C23H30N4O/c28-23(26-13-5-2-6-14-26)21-16-24-17-22(25-21)27-15-7-10-20(18-27)12-11-19-8-3-1-4-9-19/h1,3-4,8-9,16-17,20H,2,5-7,10-15,18H2/t20-/m0/s1. The second-order valence-corrected chi connectivity index (χ2v) is 8.09. The molecule has 5 heteroatoms. The molecule has 3 heterocycles. The highest BCUT2D eigenvalue weighted by atomic mass is 16.2. The number of carbonyl (C=O) groups is 1. The van der Waals surface area contributed by atoms with Crippen LogP contribution in [0, 0.1) is 5.92 Å². The van der Waals surface area contributed by atoms with Crippen LogP contribution in [0.2, 0.25) is 0 Å². The number of carbonyl (C=O) groups excluding carboxylic acids is 1. The molecule has 5 nitrogen and oxygen atoms in total. The summed E-state index contributed by atoms with van der Waals surface area (Å²) in [6.45, 7) is 3.69. The van der Waals surface area contributed by atoms with E-state index >= 15 is 0 Å². The Bertz CT molecular complexity index is 773. The van der Waals surface area contributed by atoms with Gasteiger partial charge in [-0.2, -0.15) is 0 Å². The summed E-state index contributed by atoms with van der Waals surface area (Å²) in [7, 11) is 0. The maximum absolute atomic E-state index is 12.8. The zero-order chi connectivity index (χ0) is 19.2. The van der Waals surface area contributed by atoms with Crippen LogP contribution in [0.25, 0.3) is 0 Å². The van der Waals surface area contributed by atoms with Crippen LogP contribution in [0.3, 0.4) is 0 Å². The van der Waals surface area contributed by atoms with Crippen LogP contribution in [0.4, 0.5) is 5.82 Å². The topological polar surface area (TPSA) is 49.3 Å². The molecule has 1 amide bonds. The molecule has 0 N–H and O–H groups in total. The molecule has 1 atom stereocenters. The van der Waals surface area contributed by atoms with Gasteiger partial charge in [-0.1, -0.05) is 30.3 Å². The molecule has 2 fully saturated rings. The molecular formula is C23H30N4O. The average molecular weight is 379 g/mol. The van der Waals surface area contributed by atoms with Gasteiger partial charge in [0, 0.05) is 26.2 Å². The highest BCUT2D eigenvalue weighted by Crippen LogP contribution is 2.25. The second-order valence-electron chi connectivity index (χ2n) is 8.09. The molecular weight excluding hydrogens is 348 g/mol. The molecule has 2 aliphatic rings. The number of nitrogens with zero attached hydrogens (tertiary/aromatic N) is 4. The Labute approximate surface area is 167 Å². The quantitative estimate of drug-likeness (QED) is 0.790. The summed E-state index contributed by atoms with van der Waals surface area (Å²) in [5, 5.41) is 0. The van der Waals surface area contributed by atoms with Gasteiger partial charge >= 0.3 is 0 Å². The minimum atomic E-state index is 0.0340. The highest BCUT2D eigenvalue weighted by Gasteiger charge is 2.24. The molecule has 1 aromatic heterocycles. The fraction of sp³-hybridized carbons (Fsp3) is 0.522. The van der Waals surface area contributed by atoms with E-state index in [4.69, 9.17) is 4.98 Å². The minimum Gasteiger partial charge on any atom is -0.355 e. The Kier molecular flexibility index (Phi) is 6.20. The summed E-state index contributed by atoms with van der Waals surface area (Å²) in [5.41, 5.74) is 1.90. The number of hydrogen-bond donors (Lipinski definition) is 0. The molecule has 0 bridgehead atoms. The van der Waals surface area contributed by atoms with E-state index in [1.807, 2.05) is 11.1 Å². The second kappa shape index (κ2) is 9.18. The molecule has 2 saturated heterocycles. The van der Waals surface area contributed by atoms with E-state index in [0.29, 0.717) is 11.6 Å². The summed E-state index contributed by atoms with van der Waals surface area (Å²) >= 11 is 0. The number of aromatic nitrogens is 2. The number of rotatable bonds is 5. The lowest BCUT2D eigenvalue weighted by molar-refractivity contribution is 0.0718. The van der Waals surface area contributed by atoms with Gasteiger partial charge in [0.25, 0.3) is 5.91 Å². The minimum absolute atomic E-state index is 0.0340. The summed E-state index contributed by atoms with van der Waals surface area (Å²) in [5.74, 6) is 1.55. The largest absolute Gasteiger partial charge is 0.355 e. The Morgan fingerprint density at radius 1 is 1.00 bits per heavy atom. The van der Waals surface area contributed by atoms with Gasteiger partial charge in [-0.05, 0) is 56.4 Å². The first-order valence-electron chi connectivity index (χ1n) is 10.7. The van der Waals surface area contributed by atoms with Gasteiger partial charge in [-0.25, -0.2) is 4.98 Å². The smallest absolute Gasteiger partial charge is 0.274 e. The summed E-state index contributed by atoms with van der Waals surface area (Å²) in [6.07, 6.45) is 11.6. The van der Waals surface area contributed by atoms with Gasteiger partial charge in [0.1, 0.15) is 11.5 Å². The van der Waals surface area contributed by atoms with Crippen LogP contribution >= 0.6 is 0 Å². The fourth-order valence-electron chi connectivity index (χ4n) is 4.39. The lowest BCUT2D eigenvalue weighted by Gasteiger charge is -2.34. The monoisotopic (exact) mass is 378 g/mol. The molecule has 148 valence electrons. The van der Waals surface area contributed by atoms with Crippen LogP contribution in [0.15, 0.2) is 42.7 Å². The van der Waals surface area contributed by atoms with Gasteiger partial charge < -0.3 is 9.80 Å². The summed E-state index contributed by atoms with van der Waals surface area (Å²) < 4.78 is 0. The number of amides is 1. The molecule has 28 heavy (non-hydrogen) atoms. The molecule has 1 aromatic carbocycles. The van der Waals surface area contributed by atoms with Crippen molar-refractivity contribution in [1.82, 2.24) is 14.9 Å². The predicted molar refractivity (Wildman–Crippen MR) is 111 cm³/mol. The van der Waals surface area contributed by atoms with E-state index < -0.39 is 0 Å². The van der Waals surface area contributed by atoms with Gasteiger partial charge in [-0.3, -0.25) is 9.78 Å². The van der Waals surface area contributed by atoms with Crippen molar-refractivity contribution in [3.63, 3.8) is 0 Å². The van der Waals surface area contributed by atoms with Crippen LogP contribution < -0.4 is 4.90 Å². The van der Waals surface area contributed by atoms with E-state index in [9.17, 15) is 4.79 Å². The van der Waals surface area contributed by atoms with Crippen molar-refractivity contribution in [3.8, 4) is 0 Å². The van der Waals surface area contributed by atoms with Gasteiger partial charge in [0.15, 0.2) is 0 Å². The maximum Gasteiger partial charge on any atom is 0.274 e. The molecule has 0 radical (unpaired) electrons. The van der Waals surface area contributed by atoms with E-state index in [1.165, 1.54) is 31.2 Å². The molecule has 0 saturated carbocycles. The first kappa shape index (κ1) is 18.9. The predicted octanol–water partition coefficient (Wildman–Crippen LogP) is 3.95. The third kappa shape index (κ3) is 4.70. The Hall–Kier alpha value is -2.43. The van der Waals surface area contributed by atoms with Gasteiger partial charge in [0.2, 0.25) is 0 Å². The maximum atomic E-state index is 12.8. The van der Waals surface area contributed by atoms with E-state index in [2.05, 4.69) is 40.2 Å². The average Bonchev–Trinajstić information content (AvgIpc) is 2.79. The first-order chi connectivity index (χ1) is 13.8. The fourth-order valence-corrected chi connectivity index (χ4v) is 4.39. The van der Waals surface area contributed by atoms with E-state index in [0.717, 1.165) is 51.3 Å². The number of likely N-dealkylation sites (tertiary alicyclic amines) is 1. The molecule has 2 aliphatic heterocycles. The van der Waals surface area contributed by atoms with E-state index in [1.54, 1.807) is 6.20 Å². The zero-order valence-corrected chi connectivity index (χ0v) is 16.6. The van der Waals surface area contributed by atoms with Crippen molar-refractivity contribution >= 4 is 11.7 Å². The zero-order valence-electron chi connectivity index (χ0n) is 16.6. The molecule has 0 spiro atoms. The normalized spacial score (nSPS) is 20.2. The van der Waals surface area contributed by atoms with Gasteiger partial charge in [-0.15, -0.1) is 0 Å².